The van der Waals surface area contributed by atoms with Crippen LogP contribution in [0.5, 0.6) is 5.75 Å². The maximum Gasteiger partial charge on any atom is 0.122 e. The summed E-state index contributed by atoms with van der Waals surface area (Å²) in [5, 5.41) is 0. The van der Waals surface area contributed by atoms with Gasteiger partial charge >= 0.3 is 0 Å². The molecule has 16 heavy (non-hydrogen) atoms. The number of rotatable bonds is 4. The Balaban J connectivity index is 1.99. The van der Waals surface area contributed by atoms with Crippen molar-refractivity contribution in [1.29, 1.82) is 0 Å². The predicted octanol–water partition coefficient (Wildman–Crippen LogP) is 1.91. The number of nitrogens with zero attached hydrogens (tertiary/aromatic N) is 2. The Bertz CT molecular complexity index is 465. The van der Waals surface area contributed by atoms with Gasteiger partial charge in [0.05, 0.1) is 7.11 Å². The van der Waals surface area contributed by atoms with E-state index >= 15 is 0 Å². The van der Waals surface area contributed by atoms with E-state index in [0.717, 1.165) is 35.8 Å². The molecule has 4 heteroatoms. The quantitative estimate of drug-likeness (QED) is 0.851. The molecule has 2 rings (SSSR count). The molecule has 0 saturated carbocycles. The van der Waals surface area contributed by atoms with Crippen LogP contribution in [0.4, 0.5) is 0 Å². The normalized spacial score (nSPS) is 10.4. The fourth-order valence-corrected chi connectivity index (χ4v) is 1.56. The Morgan fingerprint density at radius 3 is 2.88 bits per heavy atom. The molecule has 4 nitrogen and oxygen atoms in total. The van der Waals surface area contributed by atoms with Crippen LogP contribution in [0.15, 0.2) is 24.5 Å². The van der Waals surface area contributed by atoms with Gasteiger partial charge < -0.3 is 9.72 Å². The number of aromatic amines is 1. The van der Waals surface area contributed by atoms with Crippen LogP contribution in [-0.4, -0.2) is 22.1 Å². The van der Waals surface area contributed by atoms with Crippen LogP contribution in [0.25, 0.3) is 0 Å². The van der Waals surface area contributed by atoms with Crippen LogP contribution >= 0.6 is 0 Å². The number of aryl methyl sites for hydroxylation is 3. The second kappa shape index (κ2) is 4.79. The summed E-state index contributed by atoms with van der Waals surface area (Å²) in [7, 11) is 1.66. The molecule has 2 aromatic heterocycles. The first-order valence-corrected chi connectivity index (χ1v) is 5.27. The zero-order valence-corrected chi connectivity index (χ0v) is 9.53. The van der Waals surface area contributed by atoms with Crippen molar-refractivity contribution in [2.75, 3.05) is 7.11 Å². The summed E-state index contributed by atoms with van der Waals surface area (Å²) >= 11 is 0. The predicted molar refractivity (Wildman–Crippen MR) is 61.5 cm³/mol. The smallest absolute Gasteiger partial charge is 0.122 e. The Morgan fingerprint density at radius 2 is 2.19 bits per heavy atom. The molecule has 0 atom stereocenters. The van der Waals surface area contributed by atoms with Crippen molar-refractivity contribution in [2.24, 2.45) is 0 Å². The van der Waals surface area contributed by atoms with Crippen molar-refractivity contribution < 1.29 is 4.74 Å². The topological polar surface area (TPSA) is 50.8 Å². The monoisotopic (exact) mass is 217 g/mol. The molecular formula is C12H15N3O. The molecule has 2 aromatic rings. The molecule has 0 fully saturated rings. The van der Waals surface area contributed by atoms with Crippen LogP contribution in [-0.2, 0) is 12.8 Å². The van der Waals surface area contributed by atoms with Gasteiger partial charge in [-0.05, 0) is 19.4 Å². The summed E-state index contributed by atoms with van der Waals surface area (Å²) in [6, 6.07) is 3.80. The first-order chi connectivity index (χ1) is 7.78. The van der Waals surface area contributed by atoms with Crippen LogP contribution in [0.1, 0.15) is 17.2 Å². The van der Waals surface area contributed by atoms with E-state index in [9.17, 15) is 0 Å². The molecule has 0 aliphatic rings. The summed E-state index contributed by atoms with van der Waals surface area (Å²) in [5.74, 6) is 1.85. The van der Waals surface area contributed by atoms with Crippen LogP contribution < -0.4 is 4.74 Å². The zero-order valence-electron chi connectivity index (χ0n) is 9.53. The van der Waals surface area contributed by atoms with Crippen molar-refractivity contribution in [3.05, 3.63) is 41.7 Å². The van der Waals surface area contributed by atoms with E-state index in [2.05, 4.69) is 15.0 Å². The van der Waals surface area contributed by atoms with Gasteiger partial charge in [0.25, 0.3) is 0 Å². The highest BCUT2D eigenvalue weighted by Gasteiger charge is 2.01. The largest absolute Gasteiger partial charge is 0.497 e. The van der Waals surface area contributed by atoms with Gasteiger partial charge in [-0.3, -0.25) is 4.98 Å². The lowest BCUT2D eigenvalue weighted by molar-refractivity contribution is 0.413. The second-order valence-corrected chi connectivity index (χ2v) is 3.70. The molecule has 0 unspecified atom stereocenters. The SMILES string of the molecule is COc1ccnc(CCc2ncc(C)[nH]2)c1. The van der Waals surface area contributed by atoms with Gasteiger partial charge in [-0.1, -0.05) is 0 Å². The van der Waals surface area contributed by atoms with Crippen molar-refractivity contribution >= 4 is 0 Å². The first-order valence-electron chi connectivity index (χ1n) is 5.27. The number of ether oxygens (including phenoxy) is 1. The van der Waals surface area contributed by atoms with Gasteiger partial charge in [-0.2, -0.15) is 0 Å². The van der Waals surface area contributed by atoms with E-state index in [-0.39, 0.29) is 0 Å². The summed E-state index contributed by atoms with van der Waals surface area (Å²) in [4.78, 5) is 11.8. The summed E-state index contributed by atoms with van der Waals surface area (Å²) in [6.45, 7) is 2.00. The number of aromatic nitrogens is 3. The van der Waals surface area contributed by atoms with E-state index in [1.54, 1.807) is 13.3 Å². The van der Waals surface area contributed by atoms with Crippen LogP contribution in [0.2, 0.25) is 0 Å². The van der Waals surface area contributed by atoms with E-state index in [1.807, 2.05) is 25.3 Å². The lowest BCUT2D eigenvalue weighted by Crippen LogP contribution is -1.96. The fourth-order valence-electron chi connectivity index (χ4n) is 1.56. The fraction of sp³-hybridized carbons (Fsp3) is 0.333. The van der Waals surface area contributed by atoms with Gasteiger partial charge in [-0.25, -0.2) is 4.98 Å². The zero-order chi connectivity index (χ0) is 11.4. The lowest BCUT2D eigenvalue weighted by atomic mass is 10.2. The molecule has 0 amide bonds. The lowest BCUT2D eigenvalue weighted by Gasteiger charge is -2.02. The molecule has 2 heterocycles. The second-order valence-electron chi connectivity index (χ2n) is 3.70. The first kappa shape index (κ1) is 10.7. The van der Waals surface area contributed by atoms with Crippen molar-refractivity contribution in [1.82, 2.24) is 15.0 Å². The standard InChI is InChI=1S/C12H15N3O/c1-9-8-14-12(15-9)4-3-10-7-11(16-2)5-6-13-10/h5-8H,3-4H2,1-2H3,(H,14,15). The summed E-state index contributed by atoms with van der Waals surface area (Å²) in [5.41, 5.74) is 2.11. The van der Waals surface area contributed by atoms with E-state index in [1.165, 1.54) is 0 Å². The van der Waals surface area contributed by atoms with Gasteiger partial charge in [0.15, 0.2) is 0 Å². The minimum atomic E-state index is 0.848. The Labute approximate surface area is 94.7 Å². The average molecular weight is 217 g/mol. The molecule has 0 saturated heterocycles. The maximum atomic E-state index is 5.15. The number of imidazole rings is 1. The maximum absolute atomic E-state index is 5.15. The number of pyridine rings is 1. The van der Waals surface area contributed by atoms with Gasteiger partial charge in [0.2, 0.25) is 0 Å². The third-order valence-corrected chi connectivity index (χ3v) is 2.40. The summed E-state index contributed by atoms with van der Waals surface area (Å²) < 4.78 is 5.15. The molecule has 0 aromatic carbocycles. The highest BCUT2D eigenvalue weighted by molar-refractivity contribution is 5.22. The molecule has 0 aliphatic carbocycles. The number of H-pyrrole nitrogens is 1. The minimum Gasteiger partial charge on any atom is -0.497 e. The molecule has 0 bridgehead atoms. The summed E-state index contributed by atoms with van der Waals surface area (Å²) in [6.07, 6.45) is 5.34. The average Bonchev–Trinajstić information content (AvgIpc) is 2.73. The molecule has 0 aliphatic heterocycles. The Hall–Kier alpha value is -1.84. The minimum absolute atomic E-state index is 0.848. The van der Waals surface area contributed by atoms with Gasteiger partial charge in [0, 0.05) is 36.3 Å². The highest BCUT2D eigenvalue weighted by atomic mass is 16.5. The van der Waals surface area contributed by atoms with Crippen molar-refractivity contribution in [2.45, 2.75) is 19.8 Å². The number of hydrogen-bond acceptors (Lipinski definition) is 3. The van der Waals surface area contributed by atoms with Gasteiger partial charge in [-0.15, -0.1) is 0 Å². The van der Waals surface area contributed by atoms with Gasteiger partial charge in [0.1, 0.15) is 11.6 Å². The van der Waals surface area contributed by atoms with Crippen molar-refractivity contribution in [3.8, 4) is 5.75 Å². The third kappa shape index (κ3) is 2.59. The molecule has 0 spiro atoms. The van der Waals surface area contributed by atoms with E-state index < -0.39 is 0 Å². The number of hydrogen-bond donors (Lipinski definition) is 1. The van der Waals surface area contributed by atoms with E-state index in [4.69, 9.17) is 4.74 Å². The number of nitrogens with one attached hydrogen (secondary N) is 1. The number of methoxy groups -OCH3 is 1. The Kier molecular flexibility index (Phi) is 3.19. The molecular weight excluding hydrogens is 202 g/mol. The molecule has 84 valence electrons. The Morgan fingerprint density at radius 1 is 1.31 bits per heavy atom. The third-order valence-electron chi connectivity index (χ3n) is 2.40. The molecule has 1 N–H and O–H groups in total. The van der Waals surface area contributed by atoms with E-state index in [0.29, 0.717) is 0 Å². The molecule has 0 radical (unpaired) electrons. The van der Waals surface area contributed by atoms with Crippen LogP contribution in [0, 0.1) is 6.92 Å². The highest BCUT2D eigenvalue weighted by Crippen LogP contribution is 2.11. The van der Waals surface area contributed by atoms with Crippen LogP contribution in [0.3, 0.4) is 0 Å². The van der Waals surface area contributed by atoms with Crippen molar-refractivity contribution in [3.63, 3.8) is 0 Å².